The summed E-state index contributed by atoms with van der Waals surface area (Å²) in [7, 11) is 0. The number of halogens is 3. The molecule has 3 aromatic rings. The van der Waals surface area contributed by atoms with Gasteiger partial charge in [-0.2, -0.15) is 0 Å². The number of nitrogens with one attached hydrogen (secondary N) is 1. The second-order valence-electron chi connectivity index (χ2n) is 6.13. The van der Waals surface area contributed by atoms with Crippen LogP contribution in [0.15, 0.2) is 36.4 Å². The van der Waals surface area contributed by atoms with Crippen LogP contribution in [0.2, 0.25) is 15.1 Å². The summed E-state index contributed by atoms with van der Waals surface area (Å²) >= 11 is 18.1. The van der Waals surface area contributed by atoms with Crippen LogP contribution in [0.5, 0.6) is 0 Å². The van der Waals surface area contributed by atoms with Gasteiger partial charge in [0, 0.05) is 41.3 Å². The zero-order valence-electron chi connectivity index (χ0n) is 12.7. The molecule has 6 heteroatoms. The molecule has 0 radical (unpaired) electrons. The molecule has 2 N–H and O–H groups in total. The fourth-order valence-electron chi connectivity index (χ4n) is 3.29. The minimum Gasteiger partial charge on any atom is -0.387 e. The molecule has 2 aromatic carbocycles. The molecule has 1 aliphatic rings. The Morgan fingerprint density at radius 1 is 1.04 bits per heavy atom. The lowest BCUT2D eigenvalue weighted by Crippen LogP contribution is -2.23. The van der Waals surface area contributed by atoms with E-state index in [0.29, 0.717) is 16.6 Å². The Hall–Kier alpha value is -1.23. The summed E-state index contributed by atoms with van der Waals surface area (Å²) in [5.74, 6) is 0. The third-order valence-electron chi connectivity index (χ3n) is 4.48. The number of rotatable bonds is 3. The lowest BCUT2D eigenvalue weighted by atomic mass is 10.1. The number of benzene rings is 2. The van der Waals surface area contributed by atoms with E-state index >= 15 is 0 Å². The standard InChI is InChI=1S/C18H15Cl3N2O/c19-11-2-4-16-12(6-11)13-7-23(8-17(13)22-16)9-18(24)10-1-3-14(20)15(21)5-10/h1-6,18,22,24H,7-9H2. The molecule has 0 aliphatic carbocycles. The summed E-state index contributed by atoms with van der Waals surface area (Å²) in [5.41, 5.74) is 4.32. The number of hydrogen-bond acceptors (Lipinski definition) is 2. The Morgan fingerprint density at radius 3 is 2.67 bits per heavy atom. The molecular weight excluding hydrogens is 367 g/mol. The highest BCUT2D eigenvalue weighted by Gasteiger charge is 2.25. The van der Waals surface area contributed by atoms with Crippen molar-refractivity contribution in [1.29, 1.82) is 0 Å². The van der Waals surface area contributed by atoms with Gasteiger partial charge >= 0.3 is 0 Å². The van der Waals surface area contributed by atoms with Crippen molar-refractivity contribution in [2.45, 2.75) is 19.2 Å². The van der Waals surface area contributed by atoms with Crippen molar-refractivity contribution in [3.8, 4) is 0 Å². The number of β-amino-alcohol motifs (C(OH)–C–C–N with tert-alkyl or cyclic N) is 1. The second kappa shape index (κ2) is 6.25. The molecule has 0 saturated heterocycles. The Bertz CT molecular complexity index is 922. The minimum atomic E-state index is -0.612. The van der Waals surface area contributed by atoms with Gasteiger partial charge in [-0.15, -0.1) is 0 Å². The first-order valence-electron chi connectivity index (χ1n) is 7.65. The van der Waals surface area contributed by atoms with Gasteiger partial charge in [0.05, 0.1) is 16.1 Å². The van der Waals surface area contributed by atoms with Gasteiger partial charge in [0.25, 0.3) is 0 Å². The lowest BCUT2D eigenvalue weighted by molar-refractivity contribution is 0.112. The molecule has 2 heterocycles. The van der Waals surface area contributed by atoms with E-state index in [1.807, 2.05) is 24.3 Å². The zero-order chi connectivity index (χ0) is 16.8. The third kappa shape index (κ3) is 2.92. The van der Waals surface area contributed by atoms with Crippen LogP contribution in [0.25, 0.3) is 10.9 Å². The summed E-state index contributed by atoms with van der Waals surface area (Å²) in [5, 5.41) is 13.3. The monoisotopic (exact) mass is 380 g/mol. The molecule has 3 nitrogen and oxygen atoms in total. The molecule has 0 fully saturated rings. The van der Waals surface area contributed by atoms with E-state index in [9.17, 15) is 5.11 Å². The first-order valence-corrected chi connectivity index (χ1v) is 8.79. The number of hydrogen-bond donors (Lipinski definition) is 2. The van der Waals surface area contributed by atoms with Crippen LogP contribution in [0.3, 0.4) is 0 Å². The first-order chi connectivity index (χ1) is 11.5. The first kappa shape index (κ1) is 16.2. The van der Waals surface area contributed by atoms with Crippen molar-refractivity contribution < 1.29 is 5.11 Å². The summed E-state index contributed by atoms with van der Waals surface area (Å²) < 4.78 is 0. The zero-order valence-corrected chi connectivity index (χ0v) is 15.0. The molecule has 1 unspecified atom stereocenters. The molecule has 24 heavy (non-hydrogen) atoms. The number of aromatic nitrogens is 1. The molecule has 1 atom stereocenters. The van der Waals surface area contributed by atoms with Crippen molar-refractivity contribution in [3.05, 3.63) is 68.3 Å². The van der Waals surface area contributed by atoms with E-state index < -0.39 is 6.10 Å². The van der Waals surface area contributed by atoms with Crippen molar-refractivity contribution in [1.82, 2.24) is 9.88 Å². The highest BCUT2D eigenvalue weighted by molar-refractivity contribution is 6.42. The van der Waals surface area contributed by atoms with Crippen molar-refractivity contribution in [2.24, 2.45) is 0 Å². The van der Waals surface area contributed by atoms with Crippen molar-refractivity contribution in [3.63, 3.8) is 0 Å². The quantitative estimate of drug-likeness (QED) is 0.656. The number of aromatic amines is 1. The molecule has 124 valence electrons. The van der Waals surface area contributed by atoms with Crippen LogP contribution in [-0.4, -0.2) is 21.5 Å². The molecule has 4 rings (SSSR count). The number of H-pyrrole nitrogens is 1. The molecule has 0 saturated carbocycles. The topological polar surface area (TPSA) is 39.3 Å². The number of nitrogens with zero attached hydrogens (tertiary/aromatic N) is 1. The molecule has 0 amide bonds. The van der Waals surface area contributed by atoms with E-state index in [1.54, 1.807) is 12.1 Å². The normalized spacial score (nSPS) is 15.8. The average molecular weight is 382 g/mol. The maximum absolute atomic E-state index is 10.5. The van der Waals surface area contributed by atoms with Crippen molar-refractivity contribution in [2.75, 3.05) is 6.54 Å². The van der Waals surface area contributed by atoms with Crippen LogP contribution in [0.1, 0.15) is 22.9 Å². The highest BCUT2D eigenvalue weighted by Crippen LogP contribution is 2.33. The van der Waals surface area contributed by atoms with E-state index in [1.165, 1.54) is 11.3 Å². The number of aliphatic hydroxyl groups is 1. The van der Waals surface area contributed by atoms with Crippen LogP contribution in [0, 0.1) is 0 Å². The molecular formula is C18H15Cl3N2O. The summed E-state index contributed by atoms with van der Waals surface area (Å²) in [6.45, 7) is 2.09. The van der Waals surface area contributed by atoms with Gasteiger partial charge in [-0.25, -0.2) is 0 Å². The molecule has 0 bridgehead atoms. The molecule has 0 spiro atoms. The Kier molecular flexibility index (Phi) is 4.23. The summed E-state index contributed by atoms with van der Waals surface area (Å²) in [6.07, 6.45) is -0.612. The van der Waals surface area contributed by atoms with Crippen LogP contribution >= 0.6 is 34.8 Å². The van der Waals surface area contributed by atoms with E-state index in [4.69, 9.17) is 34.8 Å². The Morgan fingerprint density at radius 2 is 1.88 bits per heavy atom. The SMILES string of the molecule is OC(CN1Cc2[nH]c3ccc(Cl)cc3c2C1)c1ccc(Cl)c(Cl)c1. The largest absolute Gasteiger partial charge is 0.387 e. The van der Waals surface area contributed by atoms with Crippen LogP contribution in [-0.2, 0) is 13.1 Å². The summed E-state index contributed by atoms with van der Waals surface area (Å²) in [4.78, 5) is 5.65. The van der Waals surface area contributed by atoms with Crippen LogP contribution < -0.4 is 0 Å². The van der Waals surface area contributed by atoms with Gasteiger partial charge in [-0.1, -0.05) is 40.9 Å². The van der Waals surface area contributed by atoms with Crippen LogP contribution in [0.4, 0.5) is 0 Å². The minimum absolute atomic E-state index is 0.459. The summed E-state index contributed by atoms with van der Waals surface area (Å²) in [6, 6.07) is 11.1. The van der Waals surface area contributed by atoms with Gasteiger partial charge in [0.1, 0.15) is 0 Å². The fourth-order valence-corrected chi connectivity index (χ4v) is 3.77. The van der Waals surface area contributed by atoms with Gasteiger partial charge in [-0.05, 0) is 41.5 Å². The fraction of sp³-hybridized carbons (Fsp3) is 0.222. The van der Waals surface area contributed by atoms with E-state index in [2.05, 4.69) is 9.88 Å². The smallest absolute Gasteiger partial charge is 0.0917 e. The van der Waals surface area contributed by atoms with Gasteiger partial charge < -0.3 is 10.1 Å². The maximum Gasteiger partial charge on any atom is 0.0917 e. The predicted molar refractivity (Wildman–Crippen MR) is 98.8 cm³/mol. The number of fused-ring (bicyclic) bond motifs is 3. The Balaban J connectivity index is 1.52. The van der Waals surface area contributed by atoms with E-state index in [0.717, 1.165) is 34.6 Å². The third-order valence-corrected chi connectivity index (χ3v) is 5.45. The second-order valence-corrected chi connectivity index (χ2v) is 7.38. The van der Waals surface area contributed by atoms with Crippen molar-refractivity contribution >= 4 is 45.7 Å². The number of aliphatic hydroxyl groups excluding tert-OH is 1. The predicted octanol–water partition coefficient (Wildman–Crippen LogP) is 5.18. The molecule has 1 aliphatic heterocycles. The average Bonchev–Trinajstić information content (AvgIpc) is 3.07. The Labute approximate surface area is 154 Å². The van der Waals surface area contributed by atoms with Gasteiger partial charge in [0.2, 0.25) is 0 Å². The van der Waals surface area contributed by atoms with E-state index in [-0.39, 0.29) is 0 Å². The molecule has 1 aromatic heterocycles. The lowest BCUT2D eigenvalue weighted by Gasteiger charge is -2.20. The van der Waals surface area contributed by atoms with Gasteiger partial charge in [0.15, 0.2) is 0 Å². The van der Waals surface area contributed by atoms with Gasteiger partial charge in [-0.3, -0.25) is 4.90 Å². The highest BCUT2D eigenvalue weighted by atomic mass is 35.5. The maximum atomic E-state index is 10.5.